The Kier molecular flexibility index (Phi) is 5.28. The molecule has 0 aliphatic rings. The summed E-state index contributed by atoms with van der Waals surface area (Å²) in [5.74, 6) is 0. The first-order chi connectivity index (χ1) is 8.85. The molecule has 3 nitrogen and oxygen atoms in total. The second-order valence-corrected chi connectivity index (χ2v) is 6.06. The van der Waals surface area contributed by atoms with Crippen molar-refractivity contribution in [2.45, 2.75) is 33.1 Å². The van der Waals surface area contributed by atoms with Gasteiger partial charge in [-0.25, -0.2) is 0 Å². The number of thiophene rings is 1. The minimum absolute atomic E-state index is 1.03. The van der Waals surface area contributed by atoms with Gasteiger partial charge in [0.05, 0.1) is 4.88 Å². The Morgan fingerprint density at radius 3 is 2.94 bits per heavy atom. The minimum atomic E-state index is 1.03. The third kappa shape index (κ3) is 3.37. The van der Waals surface area contributed by atoms with E-state index in [-0.39, 0.29) is 0 Å². The summed E-state index contributed by atoms with van der Waals surface area (Å²) in [6, 6.07) is 2.19. The summed E-state index contributed by atoms with van der Waals surface area (Å²) in [5.41, 5.74) is 1.38. The van der Waals surface area contributed by atoms with Crippen LogP contribution in [-0.4, -0.2) is 23.3 Å². The lowest BCUT2D eigenvalue weighted by atomic mass is 10.2. The Bertz CT molecular complexity index is 476. The fourth-order valence-corrected chi connectivity index (χ4v) is 3.79. The Morgan fingerprint density at radius 2 is 2.17 bits per heavy atom. The van der Waals surface area contributed by atoms with E-state index in [0.717, 1.165) is 42.4 Å². The predicted molar refractivity (Wildman–Crippen MR) is 79.5 cm³/mol. The molecule has 2 aromatic rings. The van der Waals surface area contributed by atoms with E-state index in [9.17, 15) is 0 Å². The molecule has 0 amide bonds. The number of nitrogens with zero attached hydrogens (tertiary/aromatic N) is 2. The smallest absolute Gasteiger partial charge is 0.158 e. The highest BCUT2D eigenvalue weighted by Gasteiger charge is 2.11. The number of hydrogen-bond acceptors (Lipinski definition) is 5. The maximum atomic E-state index is 4.32. The van der Waals surface area contributed by atoms with E-state index in [1.165, 1.54) is 10.4 Å². The molecule has 0 fully saturated rings. The molecule has 0 saturated heterocycles. The standard InChI is InChI=1S/C13H19N3S2/c1-3-10-7-9-17-12(10)13-16-15-11(18-13)6-5-8-14-4-2/h7,9,14H,3-6,8H2,1-2H3. The fourth-order valence-electron chi connectivity index (χ4n) is 1.79. The largest absolute Gasteiger partial charge is 0.317 e. The molecular formula is C13H19N3S2. The lowest BCUT2D eigenvalue weighted by Crippen LogP contribution is -2.14. The van der Waals surface area contributed by atoms with Crippen LogP contribution in [0.2, 0.25) is 0 Å². The monoisotopic (exact) mass is 281 g/mol. The van der Waals surface area contributed by atoms with E-state index < -0.39 is 0 Å². The van der Waals surface area contributed by atoms with Gasteiger partial charge in [0.1, 0.15) is 5.01 Å². The van der Waals surface area contributed by atoms with Crippen LogP contribution in [0.25, 0.3) is 9.88 Å². The quantitative estimate of drug-likeness (QED) is 0.791. The molecule has 0 aromatic carbocycles. The van der Waals surface area contributed by atoms with E-state index in [1.54, 1.807) is 22.7 Å². The minimum Gasteiger partial charge on any atom is -0.317 e. The van der Waals surface area contributed by atoms with Gasteiger partial charge in [0.15, 0.2) is 5.01 Å². The molecule has 0 aliphatic heterocycles. The summed E-state index contributed by atoms with van der Waals surface area (Å²) in [6.45, 7) is 6.41. The molecule has 1 N–H and O–H groups in total. The molecule has 5 heteroatoms. The molecule has 0 atom stereocenters. The average molecular weight is 281 g/mol. The van der Waals surface area contributed by atoms with Crippen molar-refractivity contribution in [3.8, 4) is 9.88 Å². The van der Waals surface area contributed by atoms with Gasteiger partial charge in [-0.3, -0.25) is 0 Å². The Hall–Kier alpha value is -0.780. The molecule has 18 heavy (non-hydrogen) atoms. The maximum Gasteiger partial charge on any atom is 0.158 e. The number of hydrogen-bond donors (Lipinski definition) is 1. The van der Waals surface area contributed by atoms with Crippen LogP contribution in [0.3, 0.4) is 0 Å². The van der Waals surface area contributed by atoms with Crippen LogP contribution >= 0.6 is 22.7 Å². The number of aromatic nitrogens is 2. The molecule has 0 unspecified atom stereocenters. The van der Waals surface area contributed by atoms with Crippen molar-refractivity contribution in [2.24, 2.45) is 0 Å². The second kappa shape index (κ2) is 6.97. The summed E-state index contributed by atoms with van der Waals surface area (Å²) in [6.07, 6.45) is 3.22. The van der Waals surface area contributed by atoms with Crippen molar-refractivity contribution in [1.82, 2.24) is 15.5 Å². The van der Waals surface area contributed by atoms with Crippen LogP contribution in [0.1, 0.15) is 30.8 Å². The predicted octanol–water partition coefficient (Wildman–Crippen LogP) is 3.37. The second-order valence-electron chi connectivity index (χ2n) is 4.09. The highest BCUT2D eigenvalue weighted by molar-refractivity contribution is 7.20. The van der Waals surface area contributed by atoms with Crippen molar-refractivity contribution in [2.75, 3.05) is 13.1 Å². The van der Waals surface area contributed by atoms with E-state index in [2.05, 4.69) is 40.8 Å². The van der Waals surface area contributed by atoms with Gasteiger partial charge in [0.2, 0.25) is 0 Å². The molecule has 0 radical (unpaired) electrons. The van der Waals surface area contributed by atoms with Crippen LogP contribution < -0.4 is 5.32 Å². The molecule has 0 saturated carbocycles. The fraction of sp³-hybridized carbons (Fsp3) is 0.538. The molecular weight excluding hydrogens is 262 g/mol. The molecule has 0 bridgehead atoms. The first-order valence-corrected chi connectivity index (χ1v) is 8.14. The van der Waals surface area contributed by atoms with Gasteiger partial charge in [0, 0.05) is 6.42 Å². The van der Waals surface area contributed by atoms with Crippen molar-refractivity contribution < 1.29 is 0 Å². The van der Waals surface area contributed by atoms with Crippen molar-refractivity contribution in [3.63, 3.8) is 0 Å². The van der Waals surface area contributed by atoms with Gasteiger partial charge in [-0.1, -0.05) is 25.2 Å². The van der Waals surface area contributed by atoms with Crippen LogP contribution in [0, 0.1) is 0 Å². The molecule has 2 heterocycles. The van der Waals surface area contributed by atoms with Gasteiger partial charge >= 0.3 is 0 Å². The number of rotatable bonds is 7. The summed E-state index contributed by atoms with van der Waals surface area (Å²) < 4.78 is 0. The zero-order valence-corrected chi connectivity index (χ0v) is 12.5. The lowest BCUT2D eigenvalue weighted by molar-refractivity contribution is 0.669. The number of nitrogens with one attached hydrogen (secondary N) is 1. The summed E-state index contributed by atoms with van der Waals surface area (Å²) in [7, 11) is 0. The normalized spacial score (nSPS) is 11.0. The van der Waals surface area contributed by atoms with E-state index in [4.69, 9.17) is 0 Å². The van der Waals surface area contributed by atoms with Crippen molar-refractivity contribution in [3.05, 3.63) is 22.0 Å². The van der Waals surface area contributed by atoms with Gasteiger partial charge < -0.3 is 5.32 Å². The first-order valence-electron chi connectivity index (χ1n) is 6.45. The molecule has 0 spiro atoms. The van der Waals surface area contributed by atoms with E-state index in [1.807, 2.05) is 0 Å². The highest BCUT2D eigenvalue weighted by atomic mass is 32.1. The van der Waals surface area contributed by atoms with E-state index in [0.29, 0.717) is 0 Å². The summed E-state index contributed by atoms with van der Waals surface area (Å²) in [5, 5.41) is 16.3. The van der Waals surface area contributed by atoms with Gasteiger partial charge in [-0.2, -0.15) is 0 Å². The zero-order chi connectivity index (χ0) is 12.8. The Morgan fingerprint density at radius 1 is 1.28 bits per heavy atom. The third-order valence-electron chi connectivity index (χ3n) is 2.78. The van der Waals surface area contributed by atoms with Crippen LogP contribution in [0.15, 0.2) is 11.4 Å². The molecule has 2 aromatic heterocycles. The first kappa shape index (κ1) is 13.6. The Labute approximate surface area is 116 Å². The topological polar surface area (TPSA) is 37.8 Å². The van der Waals surface area contributed by atoms with Gasteiger partial charge in [-0.05, 0) is 42.9 Å². The molecule has 98 valence electrons. The SMILES string of the molecule is CCNCCCc1nnc(-c2sccc2CC)s1. The summed E-state index contributed by atoms with van der Waals surface area (Å²) >= 11 is 3.51. The van der Waals surface area contributed by atoms with E-state index >= 15 is 0 Å². The van der Waals surface area contributed by atoms with Crippen LogP contribution in [0.5, 0.6) is 0 Å². The average Bonchev–Trinajstić information content (AvgIpc) is 3.02. The zero-order valence-electron chi connectivity index (χ0n) is 10.9. The maximum absolute atomic E-state index is 4.32. The van der Waals surface area contributed by atoms with Crippen molar-refractivity contribution >= 4 is 22.7 Å². The highest BCUT2D eigenvalue weighted by Crippen LogP contribution is 2.32. The molecule has 2 rings (SSSR count). The lowest BCUT2D eigenvalue weighted by Gasteiger charge is -1.97. The van der Waals surface area contributed by atoms with Gasteiger partial charge in [-0.15, -0.1) is 21.5 Å². The number of aryl methyl sites for hydroxylation is 2. The third-order valence-corrected chi connectivity index (χ3v) is 4.88. The van der Waals surface area contributed by atoms with Crippen LogP contribution in [0.4, 0.5) is 0 Å². The van der Waals surface area contributed by atoms with Crippen LogP contribution in [-0.2, 0) is 12.8 Å². The summed E-state index contributed by atoms with van der Waals surface area (Å²) in [4.78, 5) is 1.30. The Balaban J connectivity index is 1.97. The molecule has 0 aliphatic carbocycles. The van der Waals surface area contributed by atoms with Crippen molar-refractivity contribution in [1.29, 1.82) is 0 Å². The van der Waals surface area contributed by atoms with Gasteiger partial charge in [0.25, 0.3) is 0 Å².